The number of amides is 3. The van der Waals surface area contributed by atoms with Crippen LogP contribution in [-0.2, 0) is 4.79 Å². The Bertz CT molecular complexity index is 248. The lowest BCUT2D eigenvalue weighted by molar-refractivity contribution is -0.121. The number of hydrogen-bond acceptors (Lipinski definition) is 3. The van der Waals surface area contributed by atoms with Gasteiger partial charge in [0.05, 0.1) is 6.20 Å². The number of hydrogen-bond donors (Lipinski definition) is 3. The van der Waals surface area contributed by atoms with Gasteiger partial charge < -0.3 is 0 Å². The van der Waals surface area contributed by atoms with Gasteiger partial charge in [-0.05, 0) is 6.92 Å². The summed E-state index contributed by atoms with van der Waals surface area (Å²) >= 11 is 0. The van der Waals surface area contributed by atoms with E-state index in [1.54, 1.807) is 6.92 Å². The second kappa shape index (κ2) is 3.12. The molecule has 0 aromatic carbocycles. The van der Waals surface area contributed by atoms with Gasteiger partial charge in [0.15, 0.2) is 0 Å². The molecule has 0 unspecified atom stereocenters. The molecule has 6 nitrogen and oxygen atoms in total. The molecule has 1 heterocycles. The van der Waals surface area contributed by atoms with Crippen molar-refractivity contribution in [3.63, 3.8) is 0 Å². The van der Waals surface area contributed by atoms with Gasteiger partial charge in [-0.2, -0.15) is 0 Å². The molecule has 0 radical (unpaired) electrons. The summed E-state index contributed by atoms with van der Waals surface area (Å²) in [5.41, 5.74) is 8.01. The minimum atomic E-state index is -0.421. The van der Waals surface area contributed by atoms with Crippen LogP contribution in [-0.4, -0.2) is 16.9 Å². The number of hydrazine groups is 2. The van der Waals surface area contributed by atoms with E-state index in [1.807, 2.05) is 0 Å². The second-order valence-corrected chi connectivity index (χ2v) is 2.41. The van der Waals surface area contributed by atoms with Crippen molar-refractivity contribution in [1.82, 2.24) is 21.3 Å². The summed E-state index contributed by atoms with van der Waals surface area (Å²) in [5, 5.41) is 1.08. The Morgan fingerprint density at radius 3 is 2.83 bits per heavy atom. The highest BCUT2D eigenvalue weighted by atomic mass is 16.2. The first kappa shape index (κ1) is 8.38. The average molecular weight is 170 g/mol. The molecule has 6 heteroatoms. The molecule has 0 atom stereocenters. The molecule has 3 N–H and O–H groups in total. The lowest BCUT2D eigenvalue weighted by Crippen LogP contribution is -2.54. The van der Waals surface area contributed by atoms with Gasteiger partial charge in [0.25, 0.3) is 0 Å². The molecule has 3 amide bonds. The maximum absolute atomic E-state index is 11.0. The molecule has 0 spiro atoms. The Morgan fingerprint density at radius 1 is 1.58 bits per heavy atom. The number of nitrogens with zero attached hydrogens (tertiary/aromatic N) is 1. The lowest BCUT2D eigenvalue weighted by Gasteiger charge is -2.24. The summed E-state index contributed by atoms with van der Waals surface area (Å²) in [6, 6.07) is -0.421. The second-order valence-electron chi connectivity index (χ2n) is 2.41. The number of nitrogens with one attached hydrogen (secondary N) is 3. The van der Waals surface area contributed by atoms with Gasteiger partial charge in [0.1, 0.15) is 0 Å². The molecule has 1 rings (SSSR count). The predicted molar refractivity (Wildman–Crippen MR) is 41.1 cm³/mol. The molecular formula is C6H10N4O2. The topological polar surface area (TPSA) is 73.5 Å². The van der Waals surface area contributed by atoms with Crippen LogP contribution in [0, 0.1) is 0 Å². The number of carbonyl (C=O) groups excluding carboxylic acids is 2. The summed E-state index contributed by atoms with van der Waals surface area (Å²) < 4.78 is 0. The summed E-state index contributed by atoms with van der Waals surface area (Å²) in [6.45, 7) is 3.09. The Kier molecular flexibility index (Phi) is 2.18. The molecule has 0 saturated carbocycles. The standard InChI is InChI=1S/C6H10N4O2/c1-4-3-10(9-5(2)11)6(12)8-7-4/h3,7H,1-2H3,(H,8,12)(H,9,11). The normalized spacial score (nSPS) is 16.0. The van der Waals surface area contributed by atoms with Crippen molar-refractivity contribution >= 4 is 11.9 Å². The molecule has 0 aromatic heterocycles. The van der Waals surface area contributed by atoms with Crippen LogP contribution in [0.2, 0.25) is 0 Å². The van der Waals surface area contributed by atoms with Crippen molar-refractivity contribution in [2.24, 2.45) is 0 Å². The average Bonchev–Trinajstić information content (AvgIpc) is 1.96. The van der Waals surface area contributed by atoms with Crippen LogP contribution >= 0.6 is 0 Å². The van der Waals surface area contributed by atoms with E-state index in [0.29, 0.717) is 0 Å². The van der Waals surface area contributed by atoms with E-state index in [1.165, 1.54) is 13.1 Å². The smallest absolute Gasteiger partial charge is 0.300 e. The maximum atomic E-state index is 11.0. The van der Waals surface area contributed by atoms with Crippen molar-refractivity contribution in [3.05, 3.63) is 11.9 Å². The van der Waals surface area contributed by atoms with Crippen molar-refractivity contribution in [2.75, 3.05) is 0 Å². The van der Waals surface area contributed by atoms with Crippen LogP contribution in [0.15, 0.2) is 11.9 Å². The first-order valence-corrected chi connectivity index (χ1v) is 3.40. The quantitative estimate of drug-likeness (QED) is 0.493. The van der Waals surface area contributed by atoms with Gasteiger partial charge in [0.2, 0.25) is 5.91 Å². The van der Waals surface area contributed by atoms with E-state index in [4.69, 9.17) is 0 Å². The molecule has 66 valence electrons. The van der Waals surface area contributed by atoms with Crippen LogP contribution < -0.4 is 16.3 Å². The highest BCUT2D eigenvalue weighted by Crippen LogP contribution is 1.96. The Balaban J connectivity index is 2.66. The molecule has 1 aliphatic rings. The largest absolute Gasteiger partial charge is 0.358 e. The van der Waals surface area contributed by atoms with E-state index in [-0.39, 0.29) is 5.91 Å². The molecule has 0 fully saturated rings. The van der Waals surface area contributed by atoms with E-state index in [2.05, 4.69) is 16.3 Å². The van der Waals surface area contributed by atoms with Crippen LogP contribution in [0.1, 0.15) is 13.8 Å². The molecule has 0 bridgehead atoms. The minimum absolute atomic E-state index is 0.295. The van der Waals surface area contributed by atoms with E-state index in [0.717, 1.165) is 10.7 Å². The fourth-order valence-electron chi connectivity index (χ4n) is 0.750. The number of carbonyl (C=O) groups is 2. The molecule has 0 aliphatic carbocycles. The summed E-state index contributed by atoms with van der Waals surface area (Å²) in [4.78, 5) is 21.6. The van der Waals surface area contributed by atoms with Crippen molar-refractivity contribution in [2.45, 2.75) is 13.8 Å². The first-order chi connectivity index (χ1) is 5.59. The number of urea groups is 1. The van der Waals surface area contributed by atoms with Crippen LogP contribution in [0.5, 0.6) is 0 Å². The number of allylic oxidation sites excluding steroid dienone is 1. The SMILES string of the molecule is CC(=O)NN1C=C(C)NNC1=O. The Labute approximate surface area is 69.5 Å². The highest BCUT2D eigenvalue weighted by Gasteiger charge is 2.15. The maximum Gasteiger partial charge on any atom is 0.358 e. The van der Waals surface area contributed by atoms with Gasteiger partial charge >= 0.3 is 6.03 Å². The summed E-state index contributed by atoms with van der Waals surface area (Å²) in [7, 11) is 0. The van der Waals surface area contributed by atoms with Gasteiger partial charge in [-0.15, -0.1) is 0 Å². The van der Waals surface area contributed by atoms with Gasteiger partial charge in [-0.25, -0.2) is 15.2 Å². The summed E-state index contributed by atoms with van der Waals surface area (Å²) in [6.07, 6.45) is 1.49. The fraction of sp³-hybridized carbons (Fsp3) is 0.333. The van der Waals surface area contributed by atoms with Crippen molar-refractivity contribution in [3.8, 4) is 0 Å². The molecule has 0 aromatic rings. The number of rotatable bonds is 1. The Morgan fingerprint density at radius 2 is 2.25 bits per heavy atom. The third-order valence-corrected chi connectivity index (χ3v) is 1.19. The third kappa shape index (κ3) is 1.88. The zero-order chi connectivity index (χ0) is 9.14. The molecule has 0 saturated heterocycles. The van der Waals surface area contributed by atoms with E-state index in [9.17, 15) is 9.59 Å². The van der Waals surface area contributed by atoms with Gasteiger partial charge in [0, 0.05) is 12.6 Å². The van der Waals surface area contributed by atoms with Crippen molar-refractivity contribution in [1.29, 1.82) is 0 Å². The van der Waals surface area contributed by atoms with Crippen LogP contribution in [0.3, 0.4) is 0 Å². The van der Waals surface area contributed by atoms with Gasteiger partial charge in [-0.1, -0.05) is 0 Å². The highest BCUT2D eigenvalue weighted by molar-refractivity contribution is 5.81. The monoisotopic (exact) mass is 170 g/mol. The van der Waals surface area contributed by atoms with Crippen molar-refractivity contribution < 1.29 is 9.59 Å². The zero-order valence-electron chi connectivity index (χ0n) is 6.84. The lowest BCUT2D eigenvalue weighted by atomic mass is 10.5. The molecule has 12 heavy (non-hydrogen) atoms. The van der Waals surface area contributed by atoms with E-state index >= 15 is 0 Å². The molecule has 1 aliphatic heterocycles. The van der Waals surface area contributed by atoms with Gasteiger partial charge in [-0.3, -0.25) is 15.6 Å². The van der Waals surface area contributed by atoms with Crippen LogP contribution in [0.25, 0.3) is 0 Å². The summed E-state index contributed by atoms with van der Waals surface area (Å²) in [5.74, 6) is -0.295. The first-order valence-electron chi connectivity index (χ1n) is 3.40. The zero-order valence-corrected chi connectivity index (χ0v) is 6.84. The fourth-order valence-corrected chi connectivity index (χ4v) is 0.750. The van der Waals surface area contributed by atoms with Crippen LogP contribution in [0.4, 0.5) is 4.79 Å². The minimum Gasteiger partial charge on any atom is -0.300 e. The third-order valence-electron chi connectivity index (χ3n) is 1.19. The van der Waals surface area contributed by atoms with E-state index < -0.39 is 6.03 Å². The Hall–Kier alpha value is -1.72. The molecular weight excluding hydrogens is 160 g/mol. The predicted octanol–water partition coefficient (Wildman–Crippen LogP) is -0.571.